The van der Waals surface area contributed by atoms with Gasteiger partial charge in [-0.25, -0.2) is 0 Å². The van der Waals surface area contributed by atoms with Gasteiger partial charge in [0.15, 0.2) is 6.29 Å². The van der Waals surface area contributed by atoms with Gasteiger partial charge >= 0.3 is 0 Å². The van der Waals surface area contributed by atoms with E-state index >= 15 is 0 Å². The van der Waals surface area contributed by atoms with E-state index in [9.17, 15) is 5.21 Å². The van der Waals surface area contributed by atoms with Crippen LogP contribution in [-0.2, 0) is 15.0 Å². The molecule has 3 rings (SSSR count). The highest BCUT2D eigenvalue weighted by Crippen LogP contribution is 2.42. The van der Waals surface area contributed by atoms with Crippen molar-refractivity contribution in [2.45, 2.75) is 70.2 Å². The van der Waals surface area contributed by atoms with Crippen LogP contribution in [0.25, 0.3) is 0 Å². The standard InChI is InChI=1S/C19H27NO3/c1-19(2,15-9-4-3-5-10-15)16-11-6-7-12-17(16)22-18-13-8-14-20(21)23-18/h3-5,9-10,14,16-18H,6-8,11-13H2,1-2H3/t16-,17-,18+/m0/s1. The summed E-state index contributed by atoms with van der Waals surface area (Å²) in [4.78, 5) is 5.81. The Labute approximate surface area is 138 Å². The van der Waals surface area contributed by atoms with E-state index in [2.05, 4.69) is 44.2 Å². The topological polar surface area (TPSA) is 44.5 Å². The van der Waals surface area contributed by atoms with Gasteiger partial charge < -0.3 is 9.57 Å². The van der Waals surface area contributed by atoms with Gasteiger partial charge in [-0.05, 0) is 36.2 Å². The maximum absolute atomic E-state index is 11.4. The van der Waals surface area contributed by atoms with Gasteiger partial charge in [0.2, 0.25) is 6.21 Å². The number of benzene rings is 1. The molecule has 1 aromatic rings. The number of ether oxygens (including phenoxy) is 1. The van der Waals surface area contributed by atoms with Crippen LogP contribution in [0.5, 0.6) is 0 Å². The molecule has 4 heteroatoms. The van der Waals surface area contributed by atoms with Gasteiger partial charge in [0.05, 0.1) is 6.10 Å². The minimum Gasteiger partial charge on any atom is -0.372 e. The minimum absolute atomic E-state index is 0.0459. The molecule has 0 amide bonds. The van der Waals surface area contributed by atoms with Crippen molar-refractivity contribution in [1.29, 1.82) is 0 Å². The Morgan fingerprint density at radius 2 is 1.87 bits per heavy atom. The number of hydrogen-bond donors (Lipinski definition) is 0. The van der Waals surface area contributed by atoms with Crippen LogP contribution in [0.4, 0.5) is 0 Å². The second-order valence-corrected chi connectivity index (χ2v) is 7.23. The fraction of sp³-hybridized carbons (Fsp3) is 0.632. The lowest BCUT2D eigenvalue weighted by atomic mass is 9.66. The van der Waals surface area contributed by atoms with Crippen molar-refractivity contribution in [1.82, 2.24) is 0 Å². The van der Waals surface area contributed by atoms with Crippen molar-refractivity contribution in [2.24, 2.45) is 5.92 Å². The average Bonchev–Trinajstić information content (AvgIpc) is 2.56. The monoisotopic (exact) mass is 317 g/mol. The molecule has 0 unspecified atom stereocenters. The Morgan fingerprint density at radius 1 is 1.13 bits per heavy atom. The number of hydrogen-bond acceptors (Lipinski definition) is 3. The lowest BCUT2D eigenvalue weighted by molar-refractivity contribution is -0.769. The largest absolute Gasteiger partial charge is 0.372 e. The van der Waals surface area contributed by atoms with Crippen LogP contribution in [0.1, 0.15) is 57.9 Å². The third kappa shape index (κ3) is 3.69. The van der Waals surface area contributed by atoms with Gasteiger partial charge in [0.1, 0.15) is 0 Å². The van der Waals surface area contributed by atoms with E-state index < -0.39 is 6.29 Å². The first-order valence-corrected chi connectivity index (χ1v) is 8.75. The fourth-order valence-electron chi connectivity index (χ4n) is 3.98. The minimum atomic E-state index is -0.408. The first-order chi connectivity index (χ1) is 11.1. The molecule has 1 heterocycles. The van der Waals surface area contributed by atoms with E-state index in [0.29, 0.717) is 17.2 Å². The summed E-state index contributed by atoms with van der Waals surface area (Å²) in [5, 5.41) is 11.4. The summed E-state index contributed by atoms with van der Waals surface area (Å²) in [7, 11) is 0. The van der Waals surface area contributed by atoms with E-state index in [-0.39, 0.29) is 11.5 Å². The molecule has 2 aliphatic rings. The predicted molar refractivity (Wildman–Crippen MR) is 90.1 cm³/mol. The van der Waals surface area contributed by atoms with Gasteiger partial charge in [-0.1, -0.05) is 57.0 Å². The van der Waals surface area contributed by atoms with Gasteiger partial charge in [0.25, 0.3) is 0 Å². The molecule has 126 valence electrons. The van der Waals surface area contributed by atoms with Crippen LogP contribution in [0, 0.1) is 11.1 Å². The molecular weight excluding hydrogens is 290 g/mol. The Balaban J connectivity index is 1.74. The fourth-order valence-corrected chi connectivity index (χ4v) is 3.98. The highest BCUT2D eigenvalue weighted by Gasteiger charge is 2.40. The van der Waals surface area contributed by atoms with Crippen LogP contribution >= 0.6 is 0 Å². The molecule has 4 nitrogen and oxygen atoms in total. The molecule has 1 aliphatic heterocycles. The predicted octanol–water partition coefficient (Wildman–Crippen LogP) is 4.17. The van der Waals surface area contributed by atoms with E-state index in [4.69, 9.17) is 9.57 Å². The number of rotatable bonds is 4. The van der Waals surface area contributed by atoms with Gasteiger partial charge in [-0.15, -0.1) is 0 Å². The molecule has 1 saturated carbocycles. The third-order valence-electron chi connectivity index (χ3n) is 5.38. The van der Waals surface area contributed by atoms with E-state index in [0.717, 1.165) is 19.3 Å². The molecule has 23 heavy (non-hydrogen) atoms. The maximum Gasteiger partial charge on any atom is 0.210 e. The maximum atomic E-state index is 11.4. The van der Waals surface area contributed by atoms with Crippen LogP contribution in [0.3, 0.4) is 0 Å². The van der Waals surface area contributed by atoms with Crippen LogP contribution < -0.4 is 0 Å². The van der Waals surface area contributed by atoms with E-state index in [1.54, 1.807) is 0 Å². The Bertz CT molecular complexity index is 541. The van der Waals surface area contributed by atoms with Gasteiger partial charge in [0, 0.05) is 11.3 Å². The summed E-state index contributed by atoms with van der Waals surface area (Å²) in [5.74, 6) is 0.438. The molecule has 0 N–H and O–H groups in total. The normalized spacial score (nSPS) is 28.8. The van der Waals surface area contributed by atoms with Crippen molar-refractivity contribution >= 4 is 6.21 Å². The van der Waals surface area contributed by atoms with E-state index in [1.807, 2.05) is 0 Å². The van der Waals surface area contributed by atoms with Crippen molar-refractivity contribution in [3.63, 3.8) is 0 Å². The first kappa shape index (κ1) is 16.3. The van der Waals surface area contributed by atoms with Gasteiger partial charge in [-0.3, -0.25) is 5.21 Å². The van der Waals surface area contributed by atoms with Gasteiger partial charge in [-0.2, -0.15) is 0 Å². The Kier molecular flexibility index (Phi) is 4.90. The summed E-state index contributed by atoms with van der Waals surface area (Å²) < 4.78 is 6.24. The smallest absolute Gasteiger partial charge is 0.210 e. The zero-order chi connectivity index (χ0) is 16.3. The highest BCUT2D eigenvalue weighted by molar-refractivity contribution is 5.51. The molecule has 0 radical (unpaired) electrons. The summed E-state index contributed by atoms with van der Waals surface area (Å²) in [6.45, 7) is 4.62. The molecule has 0 spiro atoms. The second-order valence-electron chi connectivity index (χ2n) is 7.23. The summed E-state index contributed by atoms with van der Waals surface area (Å²) in [5.41, 5.74) is 1.40. The first-order valence-electron chi connectivity index (χ1n) is 8.75. The third-order valence-corrected chi connectivity index (χ3v) is 5.38. The molecule has 0 saturated heterocycles. The van der Waals surface area contributed by atoms with Crippen molar-refractivity contribution in [2.75, 3.05) is 0 Å². The van der Waals surface area contributed by atoms with Crippen molar-refractivity contribution in [3.8, 4) is 0 Å². The second kappa shape index (κ2) is 6.91. The molecule has 1 aliphatic carbocycles. The summed E-state index contributed by atoms with van der Waals surface area (Å²) in [6, 6.07) is 10.7. The lowest BCUT2D eigenvalue weighted by Gasteiger charge is -2.44. The lowest BCUT2D eigenvalue weighted by Crippen LogP contribution is -2.43. The highest BCUT2D eigenvalue weighted by atomic mass is 16.9. The molecular formula is C19H27NO3. The Hall–Kier alpha value is -1.55. The van der Waals surface area contributed by atoms with Crippen molar-refractivity contribution < 1.29 is 14.5 Å². The quantitative estimate of drug-likeness (QED) is 0.783. The molecule has 0 bridgehead atoms. The molecule has 1 fully saturated rings. The summed E-state index contributed by atoms with van der Waals surface area (Å²) >= 11 is 0. The molecule has 0 aromatic heterocycles. The van der Waals surface area contributed by atoms with Crippen LogP contribution in [0.15, 0.2) is 30.3 Å². The Morgan fingerprint density at radius 3 is 2.61 bits per heavy atom. The zero-order valence-corrected chi connectivity index (χ0v) is 14.1. The summed E-state index contributed by atoms with van der Waals surface area (Å²) in [6.07, 6.45) is 7.37. The SMILES string of the molecule is CC(C)(c1ccccc1)[C@H]1CCCC[C@@H]1O[C@H]1CCC=[N+]([O-])O1. The average molecular weight is 317 g/mol. The van der Waals surface area contributed by atoms with Crippen LogP contribution in [-0.4, -0.2) is 23.5 Å². The van der Waals surface area contributed by atoms with E-state index in [1.165, 1.54) is 24.6 Å². The number of nitrogens with zero attached hydrogens (tertiary/aromatic N) is 1. The molecule has 3 atom stereocenters. The van der Waals surface area contributed by atoms with Crippen LogP contribution in [0.2, 0.25) is 0 Å². The molecule has 1 aromatic carbocycles. The zero-order valence-electron chi connectivity index (χ0n) is 14.1. The van der Waals surface area contributed by atoms with Crippen molar-refractivity contribution in [3.05, 3.63) is 41.1 Å².